The van der Waals surface area contributed by atoms with Crippen molar-refractivity contribution in [3.05, 3.63) is 74.2 Å². The number of hydrogen-bond acceptors (Lipinski definition) is 4. The number of carbonyl (C=O) groups excluding carboxylic acids is 1. The van der Waals surface area contributed by atoms with Gasteiger partial charge in [-0.05, 0) is 54.8 Å². The van der Waals surface area contributed by atoms with E-state index >= 15 is 0 Å². The van der Waals surface area contributed by atoms with Crippen LogP contribution in [0, 0.1) is 13.8 Å². The number of hydrogen-bond donors (Lipinski definition) is 1. The van der Waals surface area contributed by atoms with Gasteiger partial charge in [-0.15, -0.1) is 11.3 Å². The van der Waals surface area contributed by atoms with E-state index < -0.39 is 0 Å². The lowest BCUT2D eigenvalue weighted by Crippen LogP contribution is -2.20. The first-order valence-electron chi connectivity index (χ1n) is 8.29. The summed E-state index contributed by atoms with van der Waals surface area (Å²) in [6.07, 6.45) is 2.41. The van der Waals surface area contributed by atoms with Crippen LogP contribution in [0.4, 0.5) is 5.13 Å². The Kier molecular flexibility index (Phi) is 6.37. The summed E-state index contributed by atoms with van der Waals surface area (Å²) in [6.45, 7) is 3.97. The van der Waals surface area contributed by atoms with Crippen molar-refractivity contribution in [1.29, 1.82) is 0 Å². The van der Waals surface area contributed by atoms with Gasteiger partial charge in [0, 0.05) is 17.5 Å². The topological polar surface area (TPSA) is 51.2 Å². The fourth-order valence-corrected chi connectivity index (χ4v) is 3.59. The number of halogens is 2. The largest absolute Gasteiger partial charge is 0.484 e. The third-order valence-corrected chi connectivity index (χ3v) is 5.66. The van der Waals surface area contributed by atoms with Crippen LogP contribution in [0.5, 0.6) is 5.75 Å². The molecule has 1 heterocycles. The Morgan fingerprint density at radius 3 is 2.67 bits per heavy atom. The van der Waals surface area contributed by atoms with Crippen LogP contribution >= 0.6 is 34.5 Å². The summed E-state index contributed by atoms with van der Waals surface area (Å²) in [5.74, 6) is 0.427. The van der Waals surface area contributed by atoms with Crippen LogP contribution in [0.15, 0.2) is 42.6 Å². The fourth-order valence-electron chi connectivity index (χ4n) is 2.41. The average molecular weight is 421 g/mol. The maximum Gasteiger partial charge on any atom is 0.264 e. The van der Waals surface area contributed by atoms with Crippen LogP contribution < -0.4 is 10.1 Å². The van der Waals surface area contributed by atoms with Gasteiger partial charge in [-0.2, -0.15) is 0 Å². The summed E-state index contributed by atoms with van der Waals surface area (Å²) in [5, 5.41) is 4.35. The first kappa shape index (κ1) is 19.7. The van der Waals surface area contributed by atoms with E-state index in [1.807, 2.05) is 44.2 Å². The van der Waals surface area contributed by atoms with Gasteiger partial charge in [0.15, 0.2) is 11.7 Å². The molecule has 0 radical (unpaired) electrons. The van der Waals surface area contributed by atoms with Crippen molar-refractivity contribution in [1.82, 2.24) is 4.98 Å². The molecule has 0 bridgehead atoms. The molecule has 2 aromatic carbocycles. The molecular formula is C20H18Cl2N2O2S. The Bertz CT molecular complexity index is 972. The van der Waals surface area contributed by atoms with E-state index in [1.165, 1.54) is 16.9 Å². The normalized spacial score (nSPS) is 10.7. The van der Waals surface area contributed by atoms with Gasteiger partial charge in [-0.1, -0.05) is 35.3 Å². The first-order valence-corrected chi connectivity index (χ1v) is 9.86. The lowest BCUT2D eigenvalue weighted by atomic mass is 10.1. The second-order valence-electron chi connectivity index (χ2n) is 6.14. The molecule has 0 aliphatic heterocycles. The molecule has 3 aromatic rings. The molecular weight excluding hydrogens is 403 g/mol. The van der Waals surface area contributed by atoms with Crippen LogP contribution in [-0.2, 0) is 11.2 Å². The maximum absolute atomic E-state index is 12.1. The Labute approximate surface area is 172 Å². The molecule has 27 heavy (non-hydrogen) atoms. The minimum absolute atomic E-state index is 0.0653. The van der Waals surface area contributed by atoms with E-state index in [-0.39, 0.29) is 12.5 Å². The Hall–Kier alpha value is -2.08. The highest BCUT2D eigenvalue weighted by atomic mass is 35.5. The predicted octanol–water partition coefficient (Wildman–Crippen LogP) is 5.68. The summed E-state index contributed by atoms with van der Waals surface area (Å²) < 4.78 is 5.54. The number of anilines is 1. The number of nitrogens with zero attached hydrogens (tertiary/aromatic N) is 1. The van der Waals surface area contributed by atoms with Gasteiger partial charge in [0.05, 0.1) is 10.0 Å². The standard InChI is InChI=1S/C20H18Cl2N2O2S/c1-12-3-5-15(7-13(12)2)26-11-19(25)24-20-23-10-16(27-20)8-14-4-6-17(21)18(22)9-14/h3-7,9-10H,8,11H2,1-2H3,(H,23,24,25). The van der Waals surface area contributed by atoms with Gasteiger partial charge in [-0.25, -0.2) is 4.98 Å². The molecule has 0 spiro atoms. The van der Waals surface area contributed by atoms with E-state index in [4.69, 9.17) is 27.9 Å². The van der Waals surface area contributed by atoms with Crippen LogP contribution in [-0.4, -0.2) is 17.5 Å². The van der Waals surface area contributed by atoms with Crippen molar-refractivity contribution in [2.75, 3.05) is 11.9 Å². The van der Waals surface area contributed by atoms with Crippen molar-refractivity contribution in [2.45, 2.75) is 20.3 Å². The minimum Gasteiger partial charge on any atom is -0.484 e. The average Bonchev–Trinajstić information content (AvgIpc) is 3.06. The summed E-state index contributed by atoms with van der Waals surface area (Å²) >= 11 is 13.4. The molecule has 0 atom stereocenters. The number of nitrogens with one attached hydrogen (secondary N) is 1. The van der Waals surface area contributed by atoms with Crippen LogP contribution in [0.25, 0.3) is 0 Å². The molecule has 0 aliphatic carbocycles. The molecule has 0 saturated carbocycles. The maximum atomic E-state index is 12.1. The SMILES string of the molecule is Cc1ccc(OCC(=O)Nc2ncc(Cc3ccc(Cl)c(Cl)c3)s2)cc1C. The number of aromatic nitrogens is 1. The van der Waals surface area contributed by atoms with Gasteiger partial charge in [0.25, 0.3) is 5.91 Å². The highest BCUT2D eigenvalue weighted by Crippen LogP contribution is 2.26. The van der Waals surface area contributed by atoms with Gasteiger partial charge in [0.1, 0.15) is 5.75 Å². The zero-order chi connectivity index (χ0) is 19.4. The summed E-state index contributed by atoms with van der Waals surface area (Å²) in [6, 6.07) is 11.3. The third-order valence-electron chi connectivity index (χ3n) is 4.01. The number of carbonyl (C=O) groups is 1. The molecule has 7 heteroatoms. The molecule has 1 amide bonds. The molecule has 4 nitrogen and oxygen atoms in total. The van der Waals surface area contributed by atoms with Gasteiger partial charge in [0.2, 0.25) is 0 Å². The number of ether oxygens (including phenoxy) is 1. The van der Waals surface area contributed by atoms with Gasteiger partial charge >= 0.3 is 0 Å². The van der Waals surface area contributed by atoms with E-state index in [2.05, 4.69) is 10.3 Å². The van der Waals surface area contributed by atoms with Crippen LogP contribution in [0.3, 0.4) is 0 Å². The van der Waals surface area contributed by atoms with Crippen molar-refractivity contribution < 1.29 is 9.53 Å². The molecule has 3 rings (SSSR count). The quantitative estimate of drug-likeness (QED) is 0.558. The van der Waals surface area contributed by atoms with Crippen LogP contribution in [0.1, 0.15) is 21.6 Å². The van der Waals surface area contributed by atoms with E-state index in [1.54, 1.807) is 12.3 Å². The highest BCUT2D eigenvalue weighted by Gasteiger charge is 2.09. The second kappa shape index (κ2) is 8.74. The third kappa shape index (κ3) is 5.45. The number of rotatable bonds is 6. The monoisotopic (exact) mass is 420 g/mol. The lowest BCUT2D eigenvalue weighted by Gasteiger charge is -2.07. The first-order chi connectivity index (χ1) is 12.9. The highest BCUT2D eigenvalue weighted by molar-refractivity contribution is 7.15. The van der Waals surface area contributed by atoms with Gasteiger partial charge < -0.3 is 4.74 Å². The van der Waals surface area contributed by atoms with Crippen molar-refractivity contribution >= 4 is 45.6 Å². The van der Waals surface area contributed by atoms with Crippen molar-refractivity contribution in [3.63, 3.8) is 0 Å². The van der Waals surface area contributed by atoms with Crippen molar-refractivity contribution in [3.8, 4) is 5.75 Å². The number of aryl methyl sites for hydroxylation is 2. The molecule has 0 unspecified atom stereocenters. The Morgan fingerprint density at radius 1 is 1.11 bits per heavy atom. The minimum atomic E-state index is -0.247. The molecule has 0 aliphatic rings. The smallest absolute Gasteiger partial charge is 0.264 e. The van der Waals surface area contributed by atoms with Gasteiger partial charge in [-0.3, -0.25) is 10.1 Å². The Morgan fingerprint density at radius 2 is 1.93 bits per heavy atom. The van der Waals surface area contributed by atoms with Crippen molar-refractivity contribution in [2.24, 2.45) is 0 Å². The Balaban J connectivity index is 1.54. The molecule has 140 valence electrons. The fraction of sp³-hybridized carbons (Fsp3) is 0.200. The number of benzene rings is 2. The molecule has 1 N–H and O–H groups in total. The summed E-state index contributed by atoms with van der Waals surface area (Å²) in [7, 11) is 0. The second-order valence-corrected chi connectivity index (χ2v) is 8.07. The van der Waals surface area contributed by atoms with E-state index in [9.17, 15) is 4.79 Å². The lowest BCUT2D eigenvalue weighted by molar-refractivity contribution is -0.118. The summed E-state index contributed by atoms with van der Waals surface area (Å²) in [5.41, 5.74) is 3.34. The zero-order valence-electron chi connectivity index (χ0n) is 14.9. The molecule has 1 aromatic heterocycles. The predicted molar refractivity (Wildman–Crippen MR) is 111 cm³/mol. The molecule has 0 saturated heterocycles. The number of thiazole rings is 1. The van der Waals surface area contributed by atoms with E-state index in [0.717, 1.165) is 16.0 Å². The zero-order valence-corrected chi connectivity index (χ0v) is 17.2. The number of amides is 1. The van der Waals surface area contributed by atoms with Crippen LogP contribution in [0.2, 0.25) is 10.0 Å². The summed E-state index contributed by atoms with van der Waals surface area (Å²) in [4.78, 5) is 17.3. The molecule has 0 fully saturated rings. The van der Waals surface area contributed by atoms with E-state index in [0.29, 0.717) is 27.3 Å².